The summed E-state index contributed by atoms with van der Waals surface area (Å²) < 4.78 is 12.0. The molecule has 1 saturated heterocycles. The van der Waals surface area contributed by atoms with Gasteiger partial charge in [-0.1, -0.05) is 0 Å². The maximum absolute atomic E-state index is 6.51. The third-order valence-electron chi connectivity index (χ3n) is 6.13. The SMILES string of the molecule is c1cc(CC2CCC(Oc3cc(N4CCOCC4)cc4nccnc34)CC2)ncn1. The Balaban J connectivity index is 1.29. The zero-order chi connectivity index (χ0) is 20.2. The molecule has 3 aromatic rings. The van der Waals surface area contributed by atoms with E-state index in [1.165, 1.54) is 0 Å². The first-order valence-electron chi connectivity index (χ1n) is 10.8. The van der Waals surface area contributed by atoms with Crippen molar-refractivity contribution in [2.24, 2.45) is 5.92 Å². The molecular formula is C23H27N5O2. The van der Waals surface area contributed by atoms with E-state index >= 15 is 0 Å². The molecule has 0 spiro atoms. The number of fused-ring (bicyclic) bond motifs is 1. The average molecular weight is 406 g/mol. The monoisotopic (exact) mass is 405 g/mol. The molecule has 1 saturated carbocycles. The van der Waals surface area contributed by atoms with Gasteiger partial charge in [0.05, 0.1) is 24.8 Å². The van der Waals surface area contributed by atoms with Gasteiger partial charge >= 0.3 is 0 Å². The normalized spacial score (nSPS) is 22.2. The maximum atomic E-state index is 6.51. The Labute approximate surface area is 176 Å². The molecule has 2 fully saturated rings. The molecule has 1 aliphatic heterocycles. The molecule has 3 heterocycles. The molecule has 0 bridgehead atoms. The Kier molecular flexibility index (Phi) is 5.70. The van der Waals surface area contributed by atoms with Crippen molar-refractivity contribution in [1.82, 2.24) is 19.9 Å². The quantitative estimate of drug-likeness (QED) is 0.644. The Bertz CT molecular complexity index is 970. The molecule has 0 radical (unpaired) electrons. The van der Waals surface area contributed by atoms with Crippen LogP contribution in [0.4, 0.5) is 5.69 Å². The maximum Gasteiger partial charge on any atom is 0.149 e. The van der Waals surface area contributed by atoms with Gasteiger partial charge in [0.15, 0.2) is 0 Å². The van der Waals surface area contributed by atoms with Crippen LogP contribution in [0, 0.1) is 5.92 Å². The fourth-order valence-corrected chi connectivity index (χ4v) is 4.49. The molecule has 0 N–H and O–H groups in total. The molecule has 30 heavy (non-hydrogen) atoms. The van der Waals surface area contributed by atoms with Gasteiger partial charge < -0.3 is 14.4 Å². The summed E-state index contributed by atoms with van der Waals surface area (Å²) in [6.07, 6.45) is 12.6. The zero-order valence-corrected chi connectivity index (χ0v) is 17.1. The highest BCUT2D eigenvalue weighted by atomic mass is 16.5. The lowest BCUT2D eigenvalue weighted by atomic mass is 9.84. The van der Waals surface area contributed by atoms with E-state index in [0.717, 1.165) is 86.6 Å². The van der Waals surface area contributed by atoms with Crippen LogP contribution in [0.3, 0.4) is 0 Å². The van der Waals surface area contributed by atoms with E-state index < -0.39 is 0 Å². The van der Waals surface area contributed by atoms with Crippen molar-refractivity contribution in [2.45, 2.75) is 38.2 Å². The van der Waals surface area contributed by atoms with Gasteiger partial charge in [-0.3, -0.25) is 4.98 Å². The Morgan fingerprint density at radius 2 is 1.80 bits per heavy atom. The van der Waals surface area contributed by atoms with Crippen LogP contribution in [0.25, 0.3) is 11.0 Å². The molecule has 156 valence electrons. The van der Waals surface area contributed by atoms with Gasteiger partial charge in [0, 0.05) is 49.1 Å². The highest BCUT2D eigenvalue weighted by Crippen LogP contribution is 2.34. The first-order valence-corrected chi connectivity index (χ1v) is 10.8. The summed E-state index contributed by atoms with van der Waals surface area (Å²) in [5.41, 5.74) is 4.00. The predicted molar refractivity (Wildman–Crippen MR) is 115 cm³/mol. The number of hydrogen-bond acceptors (Lipinski definition) is 7. The van der Waals surface area contributed by atoms with E-state index in [1.54, 1.807) is 18.7 Å². The van der Waals surface area contributed by atoms with Crippen LogP contribution >= 0.6 is 0 Å². The summed E-state index contributed by atoms with van der Waals surface area (Å²) in [5.74, 6) is 1.51. The number of morpholine rings is 1. The molecular weight excluding hydrogens is 378 g/mol. The van der Waals surface area contributed by atoms with Gasteiger partial charge in [0.2, 0.25) is 0 Å². The molecule has 1 aromatic carbocycles. The van der Waals surface area contributed by atoms with Gasteiger partial charge in [-0.15, -0.1) is 0 Å². The third kappa shape index (κ3) is 4.36. The van der Waals surface area contributed by atoms with Crippen molar-refractivity contribution in [3.8, 4) is 5.75 Å². The van der Waals surface area contributed by atoms with Crippen molar-refractivity contribution in [3.63, 3.8) is 0 Å². The van der Waals surface area contributed by atoms with E-state index in [-0.39, 0.29) is 6.10 Å². The second-order valence-electron chi connectivity index (χ2n) is 8.13. The summed E-state index contributed by atoms with van der Waals surface area (Å²) >= 11 is 0. The van der Waals surface area contributed by atoms with Crippen molar-refractivity contribution >= 4 is 16.7 Å². The fraction of sp³-hybridized carbons (Fsp3) is 0.478. The summed E-state index contributed by atoms with van der Waals surface area (Å²) in [6, 6.07) is 6.26. The molecule has 0 unspecified atom stereocenters. The molecule has 0 atom stereocenters. The van der Waals surface area contributed by atoms with Gasteiger partial charge in [-0.05, 0) is 50.2 Å². The number of nitrogens with zero attached hydrogens (tertiary/aromatic N) is 5. The van der Waals surface area contributed by atoms with E-state index in [4.69, 9.17) is 9.47 Å². The zero-order valence-electron chi connectivity index (χ0n) is 17.1. The van der Waals surface area contributed by atoms with E-state index in [9.17, 15) is 0 Å². The summed E-state index contributed by atoms with van der Waals surface area (Å²) in [4.78, 5) is 19.8. The Morgan fingerprint density at radius 3 is 2.60 bits per heavy atom. The van der Waals surface area contributed by atoms with Crippen LogP contribution in [-0.4, -0.2) is 52.3 Å². The van der Waals surface area contributed by atoms with Crippen LogP contribution < -0.4 is 9.64 Å². The van der Waals surface area contributed by atoms with E-state index in [2.05, 4.69) is 37.0 Å². The molecule has 2 aliphatic rings. The molecule has 0 amide bonds. The van der Waals surface area contributed by atoms with Crippen molar-refractivity contribution in [1.29, 1.82) is 0 Å². The lowest BCUT2D eigenvalue weighted by Crippen LogP contribution is -2.36. The van der Waals surface area contributed by atoms with Gasteiger partial charge in [0.1, 0.15) is 17.6 Å². The first-order chi connectivity index (χ1) is 14.8. The minimum absolute atomic E-state index is 0.219. The van der Waals surface area contributed by atoms with Crippen molar-refractivity contribution < 1.29 is 9.47 Å². The molecule has 5 rings (SSSR count). The number of anilines is 1. The number of hydrogen-bond donors (Lipinski definition) is 0. The minimum Gasteiger partial charge on any atom is -0.488 e. The minimum atomic E-state index is 0.219. The van der Waals surface area contributed by atoms with Crippen LogP contribution in [0.5, 0.6) is 5.75 Å². The number of aromatic nitrogens is 4. The molecule has 1 aliphatic carbocycles. The van der Waals surface area contributed by atoms with Crippen LogP contribution in [0.2, 0.25) is 0 Å². The highest BCUT2D eigenvalue weighted by molar-refractivity contribution is 5.85. The summed E-state index contributed by atoms with van der Waals surface area (Å²) in [5, 5.41) is 0. The Morgan fingerprint density at radius 1 is 0.967 bits per heavy atom. The van der Waals surface area contributed by atoms with Crippen molar-refractivity contribution in [2.75, 3.05) is 31.2 Å². The summed E-state index contributed by atoms with van der Waals surface area (Å²) in [6.45, 7) is 3.29. The average Bonchev–Trinajstić information content (AvgIpc) is 2.81. The smallest absolute Gasteiger partial charge is 0.149 e. The standard InChI is InChI=1S/C23H27N5O2/c1-3-20(4-2-17(1)13-18-5-6-24-16-27-18)30-22-15-19(28-9-11-29-12-10-28)14-21-23(22)26-8-7-25-21/h5-8,14-17,20H,1-4,9-13H2. The number of benzene rings is 1. The summed E-state index contributed by atoms with van der Waals surface area (Å²) in [7, 11) is 0. The van der Waals surface area contributed by atoms with Gasteiger partial charge in [-0.25, -0.2) is 15.0 Å². The van der Waals surface area contributed by atoms with Crippen molar-refractivity contribution in [3.05, 3.63) is 48.8 Å². The fourth-order valence-electron chi connectivity index (χ4n) is 4.49. The largest absolute Gasteiger partial charge is 0.488 e. The second kappa shape index (κ2) is 8.92. The van der Waals surface area contributed by atoms with E-state index in [1.807, 2.05) is 12.3 Å². The van der Waals surface area contributed by atoms with Crippen LogP contribution in [-0.2, 0) is 11.2 Å². The number of ether oxygens (including phenoxy) is 2. The molecule has 7 heteroatoms. The molecule has 2 aromatic heterocycles. The van der Waals surface area contributed by atoms with Crippen LogP contribution in [0.15, 0.2) is 43.1 Å². The predicted octanol–water partition coefficient (Wildman–Crippen LogP) is 3.44. The van der Waals surface area contributed by atoms with Crippen LogP contribution in [0.1, 0.15) is 31.4 Å². The third-order valence-corrected chi connectivity index (χ3v) is 6.13. The van der Waals surface area contributed by atoms with Gasteiger partial charge in [0.25, 0.3) is 0 Å². The first kappa shape index (κ1) is 19.2. The molecule has 7 nitrogen and oxygen atoms in total. The lowest BCUT2D eigenvalue weighted by molar-refractivity contribution is 0.122. The van der Waals surface area contributed by atoms with Gasteiger partial charge in [-0.2, -0.15) is 0 Å². The Hall–Kier alpha value is -2.80. The lowest BCUT2D eigenvalue weighted by Gasteiger charge is -2.31. The van der Waals surface area contributed by atoms with E-state index in [0.29, 0.717) is 5.92 Å². The number of rotatable bonds is 5. The highest BCUT2D eigenvalue weighted by Gasteiger charge is 2.24. The topological polar surface area (TPSA) is 73.3 Å². The second-order valence-corrected chi connectivity index (χ2v) is 8.13.